The lowest BCUT2D eigenvalue weighted by molar-refractivity contribution is 0.0607. The van der Waals surface area contributed by atoms with Gasteiger partial charge in [-0.15, -0.1) is 0 Å². The van der Waals surface area contributed by atoms with Crippen LogP contribution in [0.2, 0.25) is 0 Å². The minimum absolute atomic E-state index is 0.0537. The summed E-state index contributed by atoms with van der Waals surface area (Å²) in [5, 5.41) is 8.22. The Hall–Kier alpha value is -2.69. The number of carbonyl (C=O) groups excluding carboxylic acids is 1. The SMILES string of the molecule is Cc1cn[nH]c1[C@H]1CCCCN1C(=O)c1cccc2cccnc12. The number of benzene rings is 1. The highest BCUT2D eigenvalue weighted by molar-refractivity contribution is 6.05. The normalized spacial score (nSPS) is 18.0. The number of rotatable bonds is 2. The van der Waals surface area contributed by atoms with E-state index in [-0.39, 0.29) is 11.9 Å². The highest BCUT2D eigenvalue weighted by Gasteiger charge is 2.31. The number of fused-ring (bicyclic) bond motifs is 1. The average molecular weight is 320 g/mol. The van der Waals surface area contributed by atoms with Crippen LogP contribution in [0.4, 0.5) is 0 Å². The monoisotopic (exact) mass is 320 g/mol. The fourth-order valence-corrected chi connectivity index (χ4v) is 3.60. The smallest absolute Gasteiger partial charge is 0.256 e. The molecule has 1 aliphatic heterocycles. The molecule has 2 aromatic heterocycles. The van der Waals surface area contributed by atoms with E-state index in [0.29, 0.717) is 5.56 Å². The second kappa shape index (κ2) is 6.07. The molecule has 1 aliphatic rings. The summed E-state index contributed by atoms with van der Waals surface area (Å²) in [6.45, 7) is 2.81. The zero-order valence-electron chi connectivity index (χ0n) is 13.7. The number of aryl methyl sites for hydroxylation is 1. The third-order valence-electron chi connectivity index (χ3n) is 4.83. The van der Waals surface area contributed by atoms with Crippen LogP contribution in [0.25, 0.3) is 10.9 Å². The van der Waals surface area contributed by atoms with Crippen LogP contribution >= 0.6 is 0 Å². The standard InChI is InChI=1S/C19H20N4O/c1-13-12-21-22-17(13)16-9-2-3-11-23(16)19(24)15-8-4-6-14-7-5-10-20-18(14)15/h4-8,10,12,16H,2-3,9,11H2,1H3,(H,21,22)/t16-/m1/s1. The maximum Gasteiger partial charge on any atom is 0.256 e. The Kier molecular flexibility index (Phi) is 3.76. The molecular formula is C19H20N4O. The number of hydrogen-bond acceptors (Lipinski definition) is 3. The van der Waals surface area contributed by atoms with Crippen molar-refractivity contribution in [3.8, 4) is 0 Å². The second-order valence-electron chi connectivity index (χ2n) is 6.36. The summed E-state index contributed by atoms with van der Waals surface area (Å²) in [6, 6.07) is 9.75. The molecule has 5 nitrogen and oxygen atoms in total. The molecule has 122 valence electrons. The summed E-state index contributed by atoms with van der Waals surface area (Å²) in [4.78, 5) is 19.7. The number of carbonyl (C=O) groups is 1. The first-order valence-corrected chi connectivity index (χ1v) is 8.40. The van der Waals surface area contributed by atoms with Crippen LogP contribution in [0.15, 0.2) is 42.7 Å². The summed E-state index contributed by atoms with van der Waals surface area (Å²) in [5.41, 5.74) is 3.61. The van der Waals surface area contributed by atoms with Gasteiger partial charge in [0.1, 0.15) is 0 Å². The molecule has 1 amide bonds. The Bertz CT molecular complexity index is 880. The van der Waals surface area contributed by atoms with Crippen LogP contribution in [0.1, 0.15) is 46.9 Å². The fraction of sp³-hybridized carbons (Fsp3) is 0.316. The van der Waals surface area contributed by atoms with Crippen LogP contribution < -0.4 is 0 Å². The van der Waals surface area contributed by atoms with Gasteiger partial charge in [-0.25, -0.2) is 0 Å². The number of nitrogens with zero attached hydrogens (tertiary/aromatic N) is 3. The van der Waals surface area contributed by atoms with Gasteiger partial charge in [-0.3, -0.25) is 14.9 Å². The van der Waals surface area contributed by atoms with E-state index in [9.17, 15) is 4.79 Å². The van der Waals surface area contributed by atoms with Gasteiger partial charge < -0.3 is 4.90 Å². The van der Waals surface area contributed by atoms with Crippen molar-refractivity contribution in [2.75, 3.05) is 6.54 Å². The zero-order chi connectivity index (χ0) is 16.5. The number of hydrogen-bond donors (Lipinski definition) is 1. The van der Waals surface area contributed by atoms with E-state index >= 15 is 0 Å². The fourth-order valence-electron chi connectivity index (χ4n) is 3.60. The Morgan fingerprint density at radius 1 is 1.25 bits per heavy atom. The molecule has 1 atom stereocenters. The molecule has 0 unspecified atom stereocenters. The van der Waals surface area contributed by atoms with Crippen LogP contribution in [-0.4, -0.2) is 32.5 Å². The van der Waals surface area contributed by atoms with Gasteiger partial charge in [0.15, 0.2) is 0 Å². The maximum absolute atomic E-state index is 13.3. The van der Waals surface area contributed by atoms with Gasteiger partial charge in [-0.1, -0.05) is 18.2 Å². The number of H-pyrrole nitrogens is 1. The number of pyridine rings is 1. The number of piperidine rings is 1. The number of para-hydroxylation sites is 1. The lowest BCUT2D eigenvalue weighted by Crippen LogP contribution is -2.39. The summed E-state index contributed by atoms with van der Waals surface area (Å²) in [6.07, 6.45) is 6.69. The molecule has 1 saturated heterocycles. The minimum Gasteiger partial charge on any atom is -0.330 e. The number of nitrogens with one attached hydrogen (secondary N) is 1. The summed E-state index contributed by atoms with van der Waals surface area (Å²) in [7, 11) is 0. The Morgan fingerprint density at radius 3 is 2.96 bits per heavy atom. The molecule has 4 rings (SSSR count). The van der Waals surface area contributed by atoms with Crippen molar-refractivity contribution in [3.63, 3.8) is 0 Å². The van der Waals surface area contributed by atoms with Gasteiger partial charge in [0.2, 0.25) is 0 Å². The first-order valence-electron chi connectivity index (χ1n) is 8.40. The maximum atomic E-state index is 13.3. The number of aromatic amines is 1. The quantitative estimate of drug-likeness (QED) is 0.784. The van der Waals surface area contributed by atoms with E-state index in [1.807, 2.05) is 48.4 Å². The van der Waals surface area contributed by atoms with E-state index in [1.165, 1.54) is 0 Å². The van der Waals surface area contributed by atoms with E-state index in [4.69, 9.17) is 0 Å². The summed E-state index contributed by atoms with van der Waals surface area (Å²) < 4.78 is 0. The van der Waals surface area contributed by atoms with Gasteiger partial charge in [-0.2, -0.15) is 5.10 Å². The molecule has 0 saturated carbocycles. The van der Waals surface area contributed by atoms with E-state index in [2.05, 4.69) is 15.2 Å². The van der Waals surface area contributed by atoms with Gasteiger partial charge in [0.25, 0.3) is 5.91 Å². The van der Waals surface area contributed by atoms with Crippen molar-refractivity contribution in [2.45, 2.75) is 32.2 Å². The first kappa shape index (κ1) is 14.9. The molecular weight excluding hydrogens is 300 g/mol. The highest BCUT2D eigenvalue weighted by atomic mass is 16.2. The Morgan fingerprint density at radius 2 is 2.12 bits per heavy atom. The van der Waals surface area contributed by atoms with Crippen molar-refractivity contribution in [2.24, 2.45) is 0 Å². The van der Waals surface area contributed by atoms with E-state index < -0.39 is 0 Å². The molecule has 0 bridgehead atoms. The van der Waals surface area contributed by atoms with Crippen molar-refractivity contribution in [1.82, 2.24) is 20.1 Å². The van der Waals surface area contributed by atoms with Crippen LogP contribution in [0.5, 0.6) is 0 Å². The van der Waals surface area contributed by atoms with Crippen molar-refractivity contribution in [3.05, 3.63) is 59.5 Å². The minimum atomic E-state index is 0.0537. The average Bonchev–Trinajstić information content (AvgIpc) is 3.06. The summed E-state index contributed by atoms with van der Waals surface area (Å²) in [5.74, 6) is 0.0537. The Balaban J connectivity index is 1.75. The van der Waals surface area contributed by atoms with Crippen molar-refractivity contribution >= 4 is 16.8 Å². The van der Waals surface area contributed by atoms with Crippen LogP contribution in [0.3, 0.4) is 0 Å². The van der Waals surface area contributed by atoms with Crippen molar-refractivity contribution < 1.29 is 4.79 Å². The zero-order valence-corrected chi connectivity index (χ0v) is 13.7. The molecule has 0 radical (unpaired) electrons. The van der Waals surface area contributed by atoms with E-state index in [0.717, 1.165) is 48.0 Å². The molecule has 3 aromatic rings. The molecule has 1 N–H and O–H groups in total. The lowest BCUT2D eigenvalue weighted by Gasteiger charge is -2.35. The molecule has 1 fully saturated rings. The molecule has 0 aliphatic carbocycles. The number of amides is 1. The van der Waals surface area contributed by atoms with Gasteiger partial charge >= 0.3 is 0 Å². The van der Waals surface area contributed by atoms with Gasteiger partial charge in [0, 0.05) is 18.1 Å². The molecule has 3 heterocycles. The van der Waals surface area contributed by atoms with Crippen LogP contribution in [0, 0.1) is 6.92 Å². The predicted octanol–water partition coefficient (Wildman–Crippen LogP) is 3.63. The number of likely N-dealkylation sites (tertiary alicyclic amines) is 1. The first-order chi connectivity index (χ1) is 11.8. The van der Waals surface area contributed by atoms with Crippen LogP contribution in [-0.2, 0) is 0 Å². The Labute approximate surface area is 140 Å². The van der Waals surface area contributed by atoms with Gasteiger partial charge in [-0.05, 0) is 43.9 Å². The van der Waals surface area contributed by atoms with E-state index in [1.54, 1.807) is 6.20 Å². The summed E-state index contributed by atoms with van der Waals surface area (Å²) >= 11 is 0. The second-order valence-corrected chi connectivity index (χ2v) is 6.36. The topological polar surface area (TPSA) is 61.9 Å². The third kappa shape index (κ3) is 2.46. The lowest BCUT2D eigenvalue weighted by atomic mass is 9.96. The largest absolute Gasteiger partial charge is 0.330 e. The highest BCUT2D eigenvalue weighted by Crippen LogP contribution is 2.33. The number of aromatic nitrogens is 3. The van der Waals surface area contributed by atoms with Gasteiger partial charge in [0.05, 0.1) is 29.0 Å². The molecule has 5 heteroatoms. The third-order valence-corrected chi connectivity index (χ3v) is 4.83. The molecule has 1 aromatic carbocycles. The van der Waals surface area contributed by atoms with Crippen molar-refractivity contribution in [1.29, 1.82) is 0 Å². The predicted molar refractivity (Wildman–Crippen MR) is 92.7 cm³/mol. The molecule has 24 heavy (non-hydrogen) atoms. The molecule has 0 spiro atoms.